The fraction of sp³-hybridized carbons (Fsp3) is 1.00. The van der Waals surface area contributed by atoms with Crippen LogP contribution in [0.4, 0.5) is 0 Å². The molecule has 3 nitrogen and oxygen atoms in total. The molecule has 0 saturated heterocycles. The van der Waals surface area contributed by atoms with Crippen LogP contribution in [0.25, 0.3) is 0 Å². The van der Waals surface area contributed by atoms with Crippen LogP contribution in [0.1, 0.15) is 84.5 Å². The Morgan fingerprint density at radius 1 is 0.810 bits per heavy atom. The van der Waals surface area contributed by atoms with Crippen LogP contribution in [0.3, 0.4) is 0 Å². The summed E-state index contributed by atoms with van der Waals surface area (Å²) in [7, 11) is -2.81. The van der Waals surface area contributed by atoms with Crippen molar-refractivity contribution in [3.05, 3.63) is 0 Å². The maximum absolute atomic E-state index is 11.2. The second-order valence-corrected chi connectivity index (χ2v) is 8.59. The van der Waals surface area contributed by atoms with Gasteiger partial charge in [-0.25, -0.2) is 8.42 Å². The summed E-state index contributed by atoms with van der Waals surface area (Å²) in [6.45, 7) is 5.47. The molecule has 4 heteroatoms. The third kappa shape index (κ3) is 16.1. The molecule has 1 N–H and O–H groups in total. The van der Waals surface area contributed by atoms with Gasteiger partial charge in [0.05, 0.1) is 0 Å². The van der Waals surface area contributed by atoms with Crippen LogP contribution in [0.5, 0.6) is 0 Å². The molecule has 0 saturated carbocycles. The number of hydrogen-bond acceptors (Lipinski definition) is 3. The Kier molecular flexibility index (Phi) is 13.5. The van der Waals surface area contributed by atoms with Crippen LogP contribution in [-0.2, 0) is 9.84 Å². The fourth-order valence-electron chi connectivity index (χ4n) is 2.64. The molecule has 0 radical (unpaired) electrons. The zero-order valence-electron chi connectivity index (χ0n) is 14.5. The van der Waals surface area contributed by atoms with Gasteiger partial charge in [0.1, 0.15) is 9.84 Å². The van der Waals surface area contributed by atoms with Crippen LogP contribution in [0.2, 0.25) is 0 Å². The summed E-state index contributed by atoms with van der Waals surface area (Å²) in [5.41, 5.74) is 0. The molecule has 0 aliphatic heterocycles. The Hall–Kier alpha value is -0.0900. The third-order valence-corrected chi connectivity index (χ3v) is 4.94. The first-order valence-corrected chi connectivity index (χ1v) is 11.0. The van der Waals surface area contributed by atoms with Crippen LogP contribution >= 0.6 is 0 Å². The number of hydrogen-bond donors (Lipinski definition) is 1. The highest BCUT2D eigenvalue weighted by Crippen LogP contribution is 2.12. The normalized spacial score (nSPS) is 13.5. The first-order chi connectivity index (χ1) is 9.99. The molecular formula is C17H37NO2S. The second-order valence-electron chi connectivity index (χ2n) is 6.33. The SMILES string of the molecule is CCCCCCCCCC(CCCS(C)(=O)=O)NCCC. The van der Waals surface area contributed by atoms with Crippen molar-refractivity contribution in [2.75, 3.05) is 18.6 Å². The van der Waals surface area contributed by atoms with Gasteiger partial charge in [0.2, 0.25) is 0 Å². The lowest BCUT2D eigenvalue weighted by Crippen LogP contribution is -2.30. The standard InChI is InChI=1S/C17H37NO2S/c1-4-6-7-8-9-10-11-13-17(18-15-5-2)14-12-16-21(3,19)20/h17-18H,4-16H2,1-3H3. The van der Waals surface area contributed by atoms with Gasteiger partial charge in [-0.05, 0) is 32.2 Å². The Bertz CT molecular complexity index is 315. The number of sulfone groups is 1. The van der Waals surface area contributed by atoms with Gasteiger partial charge in [-0.2, -0.15) is 0 Å². The fourth-order valence-corrected chi connectivity index (χ4v) is 3.33. The molecule has 1 atom stereocenters. The Balaban J connectivity index is 3.74. The summed E-state index contributed by atoms with van der Waals surface area (Å²) in [5.74, 6) is 0.328. The Labute approximate surface area is 133 Å². The predicted octanol–water partition coefficient (Wildman–Crippen LogP) is 4.32. The first-order valence-electron chi connectivity index (χ1n) is 8.90. The molecule has 0 aliphatic carbocycles. The molecular weight excluding hydrogens is 282 g/mol. The van der Waals surface area contributed by atoms with Gasteiger partial charge < -0.3 is 5.32 Å². The number of rotatable bonds is 15. The molecule has 0 aliphatic rings. The lowest BCUT2D eigenvalue weighted by Gasteiger charge is -2.18. The van der Waals surface area contributed by atoms with Crippen LogP contribution in [0.15, 0.2) is 0 Å². The monoisotopic (exact) mass is 319 g/mol. The summed E-state index contributed by atoms with van der Waals surface area (Å²) in [4.78, 5) is 0. The number of unbranched alkanes of at least 4 members (excludes halogenated alkanes) is 6. The minimum absolute atomic E-state index is 0.328. The lowest BCUT2D eigenvalue weighted by molar-refractivity contribution is 0.426. The van der Waals surface area contributed by atoms with Gasteiger partial charge in [0, 0.05) is 18.1 Å². The minimum atomic E-state index is -2.81. The zero-order chi connectivity index (χ0) is 16.0. The summed E-state index contributed by atoms with van der Waals surface area (Å²) < 4.78 is 22.4. The molecule has 0 aromatic rings. The largest absolute Gasteiger partial charge is 0.314 e. The van der Waals surface area contributed by atoms with Gasteiger partial charge in [-0.3, -0.25) is 0 Å². The maximum Gasteiger partial charge on any atom is 0.147 e. The Morgan fingerprint density at radius 2 is 1.38 bits per heavy atom. The lowest BCUT2D eigenvalue weighted by atomic mass is 10.0. The van der Waals surface area contributed by atoms with E-state index in [0.29, 0.717) is 11.8 Å². The summed E-state index contributed by atoms with van der Waals surface area (Å²) >= 11 is 0. The molecule has 0 aromatic heterocycles. The van der Waals surface area contributed by atoms with Gasteiger partial charge in [0.25, 0.3) is 0 Å². The quantitative estimate of drug-likeness (QED) is 0.457. The van der Waals surface area contributed by atoms with Gasteiger partial charge in [-0.15, -0.1) is 0 Å². The van der Waals surface area contributed by atoms with E-state index in [1.54, 1.807) is 0 Å². The van der Waals surface area contributed by atoms with Crippen molar-refractivity contribution in [1.29, 1.82) is 0 Å². The highest BCUT2D eigenvalue weighted by atomic mass is 32.2. The van der Waals surface area contributed by atoms with Crippen molar-refractivity contribution in [3.8, 4) is 0 Å². The molecule has 0 heterocycles. The van der Waals surface area contributed by atoms with E-state index >= 15 is 0 Å². The van der Waals surface area contributed by atoms with Crippen molar-refractivity contribution in [1.82, 2.24) is 5.32 Å². The van der Waals surface area contributed by atoms with Crippen LogP contribution in [0, 0.1) is 0 Å². The highest BCUT2D eigenvalue weighted by Gasteiger charge is 2.09. The van der Waals surface area contributed by atoms with Gasteiger partial charge >= 0.3 is 0 Å². The highest BCUT2D eigenvalue weighted by molar-refractivity contribution is 7.90. The summed E-state index contributed by atoms with van der Waals surface area (Å²) in [5, 5.41) is 3.57. The second kappa shape index (κ2) is 13.6. The molecule has 1 unspecified atom stereocenters. The summed E-state index contributed by atoms with van der Waals surface area (Å²) in [6, 6.07) is 0.502. The predicted molar refractivity (Wildman–Crippen MR) is 93.6 cm³/mol. The van der Waals surface area contributed by atoms with Crippen molar-refractivity contribution in [2.45, 2.75) is 90.5 Å². The molecule has 0 rings (SSSR count). The third-order valence-electron chi connectivity index (χ3n) is 3.91. The van der Waals surface area contributed by atoms with Crippen molar-refractivity contribution in [2.24, 2.45) is 0 Å². The maximum atomic E-state index is 11.2. The molecule has 0 fully saturated rings. The van der Waals surface area contributed by atoms with Crippen molar-refractivity contribution < 1.29 is 8.42 Å². The average molecular weight is 320 g/mol. The van der Waals surface area contributed by atoms with E-state index in [-0.39, 0.29) is 0 Å². The van der Waals surface area contributed by atoms with Crippen molar-refractivity contribution >= 4 is 9.84 Å². The van der Waals surface area contributed by atoms with E-state index in [1.165, 1.54) is 57.6 Å². The molecule has 128 valence electrons. The van der Waals surface area contributed by atoms with Crippen molar-refractivity contribution in [3.63, 3.8) is 0 Å². The first kappa shape index (κ1) is 20.9. The van der Waals surface area contributed by atoms with Gasteiger partial charge in [-0.1, -0.05) is 58.8 Å². The van der Waals surface area contributed by atoms with E-state index < -0.39 is 9.84 Å². The molecule has 0 aromatic carbocycles. The van der Waals surface area contributed by atoms with E-state index in [0.717, 1.165) is 25.8 Å². The average Bonchev–Trinajstić information content (AvgIpc) is 2.41. The molecule has 21 heavy (non-hydrogen) atoms. The van der Waals surface area contributed by atoms with Gasteiger partial charge in [0.15, 0.2) is 0 Å². The molecule has 0 bridgehead atoms. The van der Waals surface area contributed by atoms with E-state index in [1.807, 2.05) is 0 Å². The van der Waals surface area contributed by atoms with E-state index in [2.05, 4.69) is 19.2 Å². The van der Waals surface area contributed by atoms with Crippen LogP contribution < -0.4 is 5.32 Å². The van der Waals surface area contributed by atoms with E-state index in [4.69, 9.17) is 0 Å². The zero-order valence-corrected chi connectivity index (χ0v) is 15.3. The minimum Gasteiger partial charge on any atom is -0.314 e. The Morgan fingerprint density at radius 3 is 1.95 bits per heavy atom. The number of nitrogens with one attached hydrogen (secondary N) is 1. The topological polar surface area (TPSA) is 46.2 Å². The van der Waals surface area contributed by atoms with E-state index in [9.17, 15) is 8.42 Å². The summed E-state index contributed by atoms with van der Waals surface area (Å²) in [6.07, 6.45) is 14.8. The molecule has 0 amide bonds. The van der Waals surface area contributed by atoms with Crippen LogP contribution in [-0.4, -0.2) is 33.0 Å². The smallest absolute Gasteiger partial charge is 0.147 e. The molecule has 0 spiro atoms.